The molecule has 7 aromatic carbocycles. The summed E-state index contributed by atoms with van der Waals surface area (Å²) in [6.07, 6.45) is 0. The standard InChI is InChI=1S/C44H25N3S2/c1-2-12-27(13-3-1)40-43-41(33-16-7-9-19-36(33)49-43)46-44(45-40)28-22-24-32-38(25-28)48-37-20-10-18-35(39(32)37)47-34-17-8-6-15-30(34)31-23-21-26-11-4-5-14-29(26)42(31)47/h1-25H. The molecule has 0 saturated carbocycles. The first kappa shape index (κ1) is 27.1. The number of fused-ring (bicyclic) bond motifs is 11. The van der Waals surface area contributed by atoms with Crippen molar-refractivity contribution in [2.24, 2.45) is 0 Å². The van der Waals surface area contributed by atoms with Gasteiger partial charge < -0.3 is 4.57 Å². The van der Waals surface area contributed by atoms with Crippen molar-refractivity contribution in [1.82, 2.24) is 14.5 Å². The molecule has 0 aliphatic carbocycles. The molecule has 0 aliphatic rings. The molecule has 228 valence electrons. The molecule has 0 unspecified atom stereocenters. The van der Waals surface area contributed by atoms with E-state index in [4.69, 9.17) is 9.97 Å². The van der Waals surface area contributed by atoms with E-state index in [1.165, 1.54) is 68.5 Å². The third-order valence-electron chi connectivity index (χ3n) is 9.80. The second-order valence-electron chi connectivity index (χ2n) is 12.5. The Morgan fingerprint density at radius 3 is 2.14 bits per heavy atom. The van der Waals surface area contributed by atoms with Crippen LogP contribution in [0.1, 0.15) is 0 Å². The summed E-state index contributed by atoms with van der Waals surface area (Å²) in [5.74, 6) is 0.753. The minimum atomic E-state index is 0.753. The summed E-state index contributed by atoms with van der Waals surface area (Å²) in [7, 11) is 0. The number of hydrogen-bond acceptors (Lipinski definition) is 4. The van der Waals surface area contributed by atoms with E-state index in [2.05, 4.69) is 156 Å². The van der Waals surface area contributed by atoms with Crippen LogP contribution in [0.4, 0.5) is 0 Å². The molecular formula is C44H25N3S2. The summed E-state index contributed by atoms with van der Waals surface area (Å²) in [4.78, 5) is 10.5. The fourth-order valence-corrected chi connectivity index (χ4v) is 9.94. The molecule has 0 spiro atoms. The quantitative estimate of drug-likeness (QED) is 0.189. The number of para-hydroxylation sites is 1. The van der Waals surface area contributed by atoms with Gasteiger partial charge in [0, 0.05) is 57.5 Å². The lowest BCUT2D eigenvalue weighted by atomic mass is 10.1. The average Bonchev–Trinajstić information content (AvgIpc) is 3.84. The lowest BCUT2D eigenvalue weighted by Gasteiger charge is -2.12. The van der Waals surface area contributed by atoms with Crippen molar-refractivity contribution in [1.29, 1.82) is 0 Å². The summed E-state index contributed by atoms with van der Waals surface area (Å²) >= 11 is 3.61. The Labute approximate surface area is 289 Å². The Hall–Kier alpha value is -5.88. The third kappa shape index (κ3) is 3.94. The molecule has 11 aromatic rings. The third-order valence-corrected chi connectivity index (χ3v) is 12.1. The van der Waals surface area contributed by atoms with Gasteiger partial charge in [-0.15, -0.1) is 22.7 Å². The minimum Gasteiger partial charge on any atom is -0.308 e. The molecule has 3 nitrogen and oxygen atoms in total. The first-order chi connectivity index (χ1) is 24.3. The summed E-state index contributed by atoms with van der Waals surface area (Å²) in [6, 6.07) is 54.6. The molecule has 0 radical (unpaired) electrons. The van der Waals surface area contributed by atoms with Crippen molar-refractivity contribution in [3.8, 4) is 28.3 Å². The molecular weight excluding hydrogens is 635 g/mol. The molecule has 11 rings (SSSR count). The van der Waals surface area contributed by atoms with Gasteiger partial charge in [0.25, 0.3) is 0 Å². The van der Waals surface area contributed by atoms with Gasteiger partial charge in [0.1, 0.15) is 0 Å². The van der Waals surface area contributed by atoms with Gasteiger partial charge in [0.15, 0.2) is 5.82 Å². The second-order valence-corrected chi connectivity index (χ2v) is 14.7. The van der Waals surface area contributed by atoms with Crippen LogP contribution in [0, 0.1) is 0 Å². The predicted octanol–water partition coefficient (Wildman–Crippen LogP) is 12.8. The molecule has 0 N–H and O–H groups in total. The van der Waals surface area contributed by atoms with E-state index >= 15 is 0 Å². The molecule has 0 aliphatic heterocycles. The molecule has 4 heterocycles. The van der Waals surface area contributed by atoms with Crippen LogP contribution in [0.3, 0.4) is 0 Å². The number of aromatic nitrogens is 3. The minimum absolute atomic E-state index is 0.753. The summed E-state index contributed by atoms with van der Waals surface area (Å²) in [6.45, 7) is 0. The van der Waals surface area contributed by atoms with Crippen molar-refractivity contribution in [3.63, 3.8) is 0 Å². The van der Waals surface area contributed by atoms with Crippen molar-refractivity contribution in [2.45, 2.75) is 0 Å². The highest BCUT2D eigenvalue weighted by atomic mass is 32.1. The zero-order valence-corrected chi connectivity index (χ0v) is 27.7. The first-order valence-corrected chi connectivity index (χ1v) is 18.1. The lowest BCUT2D eigenvalue weighted by Crippen LogP contribution is -1.95. The van der Waals surface area contributed by atoms with Crippen molar-refractivity contribution < 1.29 is 0 Å². The van der Waals surface area contributed by atoms with Crippen LogP contribution in [-0.4, -0.2) is 14.5 Å². The van der Waals surface area contributed by atoms with E-state index in [0.717, 1.165) is 32.9 Å². The SMILES string of the molecule is c1ccc(-c2nc(-c3ccc4c(c3)sc3cccc(-n5c6ccccc6c6ccc7ccccc7c65)c34)nc3c2sc2ccccc23)cc1. The zero-order chi connectivity index (χ0) is 32.1. The van der Waals surface area contributed by atoms with E-state index in [-0.39, 0.29) is 0 Å². The van der Waals surface area contributed by atoms with Crippen molar-refractivity contribution >= 4 is 95.7 Å². The number of thiophene rings is 2. The van der Waals surface area contributed by atoms with E-state index < -0.39 is 0 Å². The fraction of sp³-hybridized carbons (Fsp3) is 0. The van der Waals surface area contributed by atoms with Gasteiger partial charge in [0.05, 0.1) is 32.6 Å². The maximum atomic E-state index is 5.25. The van der Waals surface area contributed by atoms with Crippen molar-refractivity contribution in [2.75, 3.05) is 0 Å². The lowest BCUT2D eigenvalue weighted by molar-refractivity contribution is 1.21. The largest absolute Gasteiger partial charge is 0.308 e. The predicted molar refractivity (Wildman–Crippen MR) is 211 cm³/mol. The van der Waals surface area contributed by atoms with E-state index in [1.807, 2.05) is 11.3 Å². The van der Waals surface area contributed by atoms with Gasteiger partial charge in [-0.05, 0) is 35.7 Å². The zero-order valence-electron chi connectivity index (χ0n) is 26.1. The Kier molecular flexibility index (Phi) is 5.70. The van der Waals surface area contributed by atoms with Gasteiger partial charge in [-0.2, -0.15) is 0 Å². The molecule has 0 atom stereocenters. The molecule has 0 fully saturated rings. The molecule has 0 amide bonds. The molecule has 0 saturated heterocycles. The summed E-state index contributed by atoms with van der Waals surface area (Å²) < 4.78 is 7.33. The van der Waals surface area contributed by atoms with E-state index in [9.17, 15) is 0 Å². The van der Waals surface area contributed by atoms with Crippen LogP contribution in [-0.2, 0) is 0 Å². The Bertz CT molecular complexity index is 3110. The van der Waals surface area contributed by atoms with E-state index in [1.54, 1.807) is 11.3 Å². The van der Waals surface area contributed by atoms with Gasteiger partial charge in [-0.1, -0.05) is 121 Å². The van der Waals surface area contributed by atoms with Gasteiger partial charge in [0.2, 0.25) is 0 Å². The van der Waals surface area contributed by atoms with Gasteiger partial charge in [-0.3, -0.25) is 0 Å². The molecule has 0 bridgehead atoms. The number of nitrogens with zero attached hydrogens (tertiary/aromatic N) is 3. The highest BCUT2D eigenvalue weighted by Crippen LogP contribution is 2.44. The summed E-state index contributed by atoms with van der Waals surface area (Å²) in [5.41, 5.74) is 7.80. The second kappa shape index (κ2) is 10.3. The van der Waals surface area contributed by atoms with Gasteiger partial charge in [-0.25, -0.2) is 9.97 Å². The summed E-state index contributed by atoms with van der Waals surface area (Å²) in [5, 5.41) is 8.75. The Morgan fingerprint density at radius 1 is 0.469 bits per heavy atom. The normalized spacial score (nSPS) is 12.1. The van der Waals surface area contributed by atoms with Crippen LogP contribution in [0.25, 0.3) is 101 Å². The number of rotatable bonds is 3. The monoisotopic (exact) mass is 659 g/mol. The smallest absolute Gasteiger partial charge is 0.160 e. The Morgan fingerprint density at radius 2 is 1.22 bits per heavy atom. The van der Waals surface area contributed by atoms with Crippen LogP contribution >= 0.6 is 22.7 Å². The van der Waals surface area contributed by atoms with Crippen LogP contribution in [0.15, 0.2) is 152 Å². The van der Waals surface area contributed by atoms with Crippen molar-refractivity contribution in [3.05, 3.63) is 152 Å². The number of hydrogen-bond donors (Lipinski definition) is 0. The van der Waals surface area contributed by atoms with Gasteiger partial charge >= 0.3 is 0 Å². The van der Waals surface area contributed by atoms with Crippen LogP contribution in [0.5, 0.6) is 0 Å². The maximum absolute atomic E-state index is 5.25. The average molecular weight is 660 g/mol. The molecule has 49 heavy (non-hydrogen) atoms. The highest BCUT2D eigenvalue weighted by molar-refractivity contribution is 7.26. The maximum Gasteiger partial charge on any atom is 0.160 e. The fourth-order valence-electron chi connectivity index (χ4n) is 7.62. The topological polar surface area (TPSA) is 30.7 Å². The van der Waals surface area contributed by atoms with Crippen LogP contribution < -0.4 is 0 Å². The molecule has 5 heteroatoms. The highest BCUT2D eigenvalue weighted by Gasteiger charge is 2.20. The first-order valence-electron chi connectivity index (χ1n) is 16.4. The van der Waals surface area contributed by atoms with E-state index in [0.29, 0.717) is 0 Å². The molecule has 4 aromatic heterocycles. The Balaban J connectivity index is 1.17. The number of benzene rings is 7. The van der Waals surface area contributed by atoms with Crippen LogP contribution in [0.2, 0.25) is 0 Å².